The maximum absolute atomic E-state index is 13.4. The third-order valence-electron chi connectivity index (χ3n) is 3.66. The largest absolute Gasteiger partial charge is 0.322 e. The summed E-state index contributed by atoms with van der Waals surface area (Å²) in [5, 5.41) is 6.56. The smallest absolute Gasteiger partial charge is 0.238 e. The number of hydrogen-bond donors (Lipinski definition) is 2. The number of thioether (sulfide) groups is 1. The van der Waals surface area contributed by atoms with Crippen LogP contribution < -0.4 is 10.6 Å². The van der Waals surface area contributed by atoms with Crippen LogP contribution in [0.1, 0.15) is 25.7 Å². The van der Waals surface area contributed by atoms with Gasteiger partial charge in [-0.25, -0.2) is 4.39 Å². The first kappa shape index (κ1) is 15.3. The molecule has 1 amide bonds. The summed E-state index contributed by atoms with van der Waals surface area (Å²) >= 11 is 1.90. The van der Waals surface area contributed by atoms with Gasteiger partial charge in [0.25, 0.3) is 0 Å². The van der Waals surface area contributed by atoms with Gasteiger partial charge in [-0.2, -0.15) is 11.8 Å². The summed E-state index contributed by atoms with van der Waals surface area (Å²) in [5.41, 5.74) is 0.241. The van der Waals surface area contributed by atoms with E-state index in [1.807, 2.05) is 11.8 Å². The molecule has 2 unspecified atom stereocenters. The molecule has 1 aliphatic rings. The van der Waals surface area contributed by atoms with Crippen molar-refractivity contribution in [2.75, 3.05) is 18.1 Å². The highest BCUT2D eigenvalue weighted by molar-refractivity contribution is 7.99. The topological polar surface area (TPSA) is 41.1 Å². The highest BCUT2D eigenvalue weighted by atomic mass is 32.2. The van der Waals surface area contributed by atoms with E-state index in [4.69, 9.17) is 0 Å². The van der Waals surface area contributed by atoms with Crippen LogP contribution in [0.4, 0.5) is 10.1 Å². The number of benzene rings is 1. The second-order valence-electron chi connectivity index (χ2n) is 5.13. The maximum atomic E-state index is 13.4. The van der Waals surface area contributed by atoms with Gasteiger partial charge < -0.3 is 10.6 Å². The molecule has 5 heteroatoms. The molecule has 20 heavy (non-hydrogen) atoms. The molecule has 1 saturated carbocycles. The highest BCUT2D eigenvalue weighted by Gasteiger charge is 2.21. The Labute approximate surface area is 123 Å². The van der Waals surface area contributed by atoms with Crippen molar-refractivity contribution >= 4 is 23.4 Å². The fraction of sp³-hybridized carbons (Fsp3) is 0.533. The quantitative estimate of drug-likeness (QED) is 0.877. The van der Waals surface area contributed by atoms with Gasteiger partial charge in [-0.05, 0) is 37.7 Å². The molecule has 1 aromatic carbocycles. The van der Waals surface area contributed by atoms with E-state index in [1.54, 1.807) is 18.2 Å². The zero-order valence-electron chi connectivity index (χ0n) is 11.7. The molecule has 0 aromatic heterocycles. The monoisotopic (exact) mass is 296 g/mol. The number of para-hydroxylation sites is 1. The first-order chi connectivity index (χ1) is 9.69. The molecule has 2 N–H and O–H groups in total. The number of nitrogens with one attached hydrogen (secondary N) is 2. The van der Waals surface area contributed by atoms with Crippen LogP contribution in [-0.4, -0.2) is 30.0 Å². The first-order valence-electron chi connectivity index (χ1n) is 6.99. The zero-order chi connectivity index (χ0) is 14.4. The Morgan fingerprint density at radius 1 is 1.40 bits per heavy atom. The van der Waals surface area contributed by atoms with E-state index in [-0.39, 0.29) is 18.1 Å². The van der Waals surface area contributed by atoms with Gasteiger partial charge in [0.1, 0.15) is 5.82 Å². The van der Waals surface area contributed by atoms with Crippen LogP contribution in [0.25, 0.3) is 0 Å². The standard InChI is InChI=1S/C15H21FN2OS/c1-20-12-6-4-5-11(9-12)17-10-15(19)18-14-8-3-2-7-13(14)16/h2-3,7-8,11-12,17H,4-6,9-10H2,1H3,(H,18,19). The predicted molar refractivity (Wildman–Crippen MR) is 82.6 cm³/mol. The number of carbonyl (C=O) groups is 1. The second kappa shape index (κ2) is 7.64. The van der Waals surface area contributed by atoms with Gasteiger partial charge in [0.05, 0.1) is 12.2 Å². The first-order valence-corrected chi connectivity index (χ1v) is 8.28. The van der Waals surface area contributed by atoms with Crippen LogP contribution in [0.15, 0.2) is 24.3 Å². The zero-order valence-corrected chi connectivity index (χ0v) is 12.5. The SMILES string of the molecule is CSC1CCCC(NCC(=O)Nc2ccccc2F)C1. The summed E-state index contributed by atoms with van der Waals surface area (Å²) in [6, 6.07) is 6.61. The Kier molecular flexibility index (Phi) is 5.86. The van der Waals surface area contributed by atoms with Crippen LogP contribution in [0.5, 0.6) is 0 Å². The molecule has 0 spiro atoms. The Morgan fingerprint density at radius 3 is 2.95 bits per heavy atom. The summed E-state index contributed by atoms with van der Waals surface area (Å²) in [6.07, 6.45) is 6.83. The van der Waals surface area contributed by atoms with Crippen LogP contribution >= 0.6 is 11.8 Å². The molecule has 3 nitrogen and oxygen atoms in total. The molecule has 1 aromatic rings. The molecule has 0 aliphatic heterocycles. The van der Waals surface area contributed by atoms with Gasteiger partial charge in [-0.1, -0.05) is 18.6 Å². The van der Waals surface area contributed by atoms with Gasteiger partial charge in [0, 0.05) is 11.3 Å². The molecular formula is C15H21FN2OS. The van der Waals surface area contributed by atoms with Crippen LogP contribution in [0, 0.1) is 5.82 Å². The third kappa shape index (κ3) is 4.49. The van der Waals surface area contributed by atoms with E-state index in [0.717, 1.165) is 12.8 Å². The van der Waals surface area contributed by atoms with E-state index in [9.17, 15) is 9.18 Å². The average molecular weight is 296 g/mol. The van der Waals surface area contributed by atoms with Crippen molar-refractivity contribution in [3.63, 3.8) is 0 Å². The summed E-state index contributed by atoms with van der Waals surface area (Å²) in [4.78, 5) is 11.8. The van der Waals surface area contributed by atoms with E-state index in [1.165, 1.54) is 18.9 Å². The Hall–Kier alpha value is -1.07. The van der Waals surface area contributed by atoms with Gasteiger partial charge in [0.15, 0.2) is 0 Å². The van der Waals surface area contributed by atoms with Crippen molar-refractivity contribution < 1.29 is 9.18 Å². The molecule has 0 heterocycles. The van der Waals surface area contributed by atoms with Crippen LogP contribution in [-0.2, 0) is 4.79 Å². The predicted octanol–water partition coefficient (Wildman–Crippen LogP) is 3.03. The Morgan fingerprint density at radius 2 is 2.20 bits per heavy atom. The van der Waals surface area contributed by atoms with Crippen molar-refractivity contribution in [2.45, 2.75) is 37.0 Å². The minimum absolute atomic E-state index is 0.193. The second-order valence-corrected chi connectivity index (χ2v) is 6.27. The van der Waals surface area contributed by atoms with Gasteiger partial charge in [-0.15, -0.1) is 0 Å². The van der Waals surface area contributed by atoms with E-state index in [2.05, 4.69) is 16.9 Å². The molecule has 0 saturated heterocycles. The lowest BCUT2D eigenvalue weighted by Gasteiger charge is -2.28. The van der Waals surface area contributed by atoms with Crippen molar-refractivity contribution in [3.05, 3.63) is 30.1 Å². The fourth-order valence-corrected chi connectivity index (χ4v) is 3.37. The lowest BCUT2D eigenvalue weighted by molar-refractivity contribution is -0.115. The number of hydrogen-bond acceptors (Lipinski definition) is 3. The minimum atomic E-state index is -0.402. The van der Waals surface area contributed by atoms with Gasteiger partial charge in [-0.3, -0.25) is 4.79 Å². The minimum Gasteiger partial charge on any atom is -0.322 e. The molecule has 2 rings (SSSR count). The van der Waals surface area contributed by atoms with Crippen molar-refractivity contribution in [1.29, 1.82) is 0 Å². The van der Waals surface area contributed by atoms with E-state index >= 15 is 0 Å². The van der Waals surface area contributed by atoms with Gasteiger partial charge >= 0.3 is 0 Å². The summed E-state index contributed by atoms with van der Waals surface area (Å²) in [7, 11) is 0. The molecule has 1 aliphatic carbocycles. The molecule has 1 fully saturated rings. The lowest BCUT2D eigenvalue weighted by Crippen LogP contribution is -2.39. The van der Waals surface area contributed by atoms with Gasteiger partial charge in [0.2, 0.25) is 5.91 Å². The Bertz CT molecular complexity index is 455. The van der Waals surface area contributed by atoms with Crippen LogP contribution in [0.3, 0.4) is 0 Å². The normalized spacial score (nSPS) is 22.5. The van der Waals surface area contributed by atoms with Crippen molar-refractivity contribution in [1.82, 2.24) is 5.32 Å². The van der Waals surface area contributed by atoms with Crippen LogP contribution in [0.2, 0.25) is 0 Å². The Balaban J connectivity index is 1.76. The van der Waals surface area contributed by atoms with E-state index in [0.29, 0.717) is 11.3 Å². The molecule has 110 valence electrons. The van der Waals surface area contributed by atoms with Crippen molar-refractivity contribution in [3.8, 4) is 0 Å². The lowest BCUT2D eigenvalue weighted by atomic mass is 9.95. The fourth-order valence-electron chi connectivity index (χ4n) is 2.54. The number of rotatable bonds is 5. The highest BCUT2D eigenvalue weighted by Crippen LogP contribution is 2.26. The maximum Gasteiger partial charge on any atom is 0.238 e. The number of carbonyl (C=O) groups excluding carboxylic acids is 1. The molecule has 2 atom stereocenters. The number of amides is 1. The third-order valence-corrected chi connectivity index (χ3v) is 4.75. The number of anilines is 1. The molecule has 0 radical (unpaired) electrons. The summed E-state index contributed by atoms with van der Waals surface area (Å²) in [6.45, 7) is 0.236. The summed E-state index contributed by atoms with van der Waals surface area (Å²) < 4.78 is 13.4. The van der Waals surface area contributed by atoms with Crippen molar-refractivity contribution in [2.24, 2.45) is 0 Å². The number of halogens is 1. The summed E-state index contributed by atoms with van der Waals surface area (Å²) in [5.74, 6) is -0.595. The molecular weight excluding hydrogens is 275 g/mol. The van der Waals surface area contributed by atoms with E-state index < -0.39 is 5.82 Å². The molecule has 0 bridgehead atoms. The average Bonchev–Trinajstić information content (AvgIpc) is 2.48.